The van der Waals surface area contributed by atoms with Crippen molar-refractivity contribution in [3.8, 4) is 0 Å². The summed E-state index contributed by atoms with van der Waals surface area (Å²) in [5.74, 6) is 2.35. The van der Waals surface area contributed by atoms with Crippen LogP contribution < -0.4 is 5.32 Å². The number of rotatable bonds is 6. The predicted molar refractivity (Wildman–Crippen MR) is 121 cm³/mol. The molecule has 5 fully saturated rings. The number of carbonyl (C=O) groups is 1. The molecule has 1 aromatic rings. The van der Waals surface area contributed by atoms with Crippen LogP contribution in [0.2, 0.25) is 0 Å². The first-order chi connectivity index (χ1) is 16.0. The van der Waals surface area contributed by atoms with Crippen LogP contribution in [0, 0.1) is 29.1 Å². The minimum absolute atomic E-state index is 0.0270. The average molecular weight is 499 g/mol. The van der Waals surface area contributed by atoms with Crippen molar-refractivity contribution in [1.29, 1.82) is 0 Å². The molecule has 5 aliphatic rings. The van der Waals surface area contributed by atoms with Crippen molar-refractivity contribution in [2.75, 3.05) is 19.6 Å². The van der Waals surface area contributed by atoms with E-state index >= 15 is 0 Å². The van der Waals surface area contributed by atoms with Crippen LogP contribution in [0.1, 0.15) is 63.4 Å². The summed E-state index contributed by atoms with van der Waals surface area (Å²) in [7, 11) is -4.04. The van der Waals surface area contributed by atoms with Crippen LogP contribution in [0.5, 0.6) is 0 Å². The molecule has 1 aliphatic heterocycles. The maximum Gasteiger partial charge on any atom is 0.416 e. The number of sulfonamides is 1. The Morgan fingerprint density at radius 1 is 1.03 bits per heavy atom. The second-order valence-corrected chi connectivity index (χ2v) is 13.1. The molecule has 34 heavy (non-hydrogen) atoms. The number of nitrogens with zero attached hydrogens (tertiary/aromatic N) is 1. The molecule has 4 aliphatic carbocycles. The fraction of sp³-hybridized carbons (Fsp3) is 0.720. The van der Waals surface area contributed by atoms with Crippen molar-refractivity contribution < 1.29 is 26.4 Å². The second kappa shape index (κ2) is 8.80. The lowest BCUT2D eigenvalue weighted by Crippen LogP contribution is -2.48. The van der Waals surface area contributed by atoms with Crippen molar-refractivity contribution in [1.82, 2.24) is 9.62 Å². The summed E-state index contributed by atoms with van der Waals surface area (Å²) in [6.07, 6.45) is 5.29. The molecular weight excluding hydrogens is 465 g/mol. The molecule has 5 nitrogen and oxygen atoms in total. The molecule has 0 aromatic heterocycles. The molecule has 4 saturated carbocycles. The van der Waals surface area contributed by atoms with E-state index in [4.69, 9.17) is 0 Å². The summed E-state index contributed by atoms with van der Waals surface area (Å²) in [4.78, 5) is 12.4. The first-order valence-electron chi connectivity index (χ1n) is 12.5. The number of nitrogens with one attached hydrogen (secondary N) is 1. The maximum absolute atomic E-state index is 13.0. The van der Waals surface area contributed by atoms with Gasteiger partial charge in [-0.15, -0.1) is 0 Å². The average Bonchev–Trinajstić information content (AvgIpc) is 2.77. The number of carbonyl (C=O) groups excluding carboxylic acids is 1. The number of alkyl halides is 3. The standard InChI is InChI=1S/C25H33F3N2O3S/c26-25(27,28)21-2-1-3-22(13-21)34(32,33)30-8-4-20(5-9-30)23(31)29-7-6-24-14-17-10-18(15-24)12-19(11-17)16-24/h1-3,13,17-20H,4-12,14-16H2,(H,29,31). The van der Waals surface area contributed by atoms with E-state index in [1.807, 2.05) is 0 Å². The largest absolute Gasteiger partial charge is 0.416 e. The van der Waals surface area contributed by atoms with Gasteiger partial charge in [0.25, 0.3) is 0 Å². The van der Waals surface area contributed by atoms with E-state index in [2.05, 4.69) is 5.32 Å². The molecule has 0 unspecified atom stereocenters. The van der Waals surface area contributed by atoms with Crippen LogP contribution in [0.15, 0.2) is 29.2 Å². The van der Waals surface area contributed by atoms with E-state index in [0.29, 0.717) is 30.9 Å². The minimum Gasteiger partial charge on any atom is -0.356 e. The molecule has 4 bridgehead atoms. The Labute approximate surface area is 199 Å². The fourth-order valence-electron chi connectivity index (χ4n) is 7.53. The third kappa shape index (κ3) is 4.74. The van der Waals surface area contributed by atoms with Crippen molar-refractivity contribution in [2.45, 2.75) is 68.9 Å². The molecule has 0 spiro atoms. The number of benzene rings is 1. The Bertz CT molecular complexity index is 997. The Morgan fingerprint density at radius 2 is 1.62 bits per heavy atom. The van der Waals surface area contributed by atoms with E-state index in [1.165, 1.54) is 48.9 Å². The van der Waals surface area contributed by atoms with E-state index < -0.39 is 21.8 Å². The van der Waals surface area contributed by atoms with Gasteiger partial charge in [0.15, 0.2) is 0 Å². The Hall–Kier alpha value is -1.61. The van der Waals surface area contributed by atoms with E-state index in [0.717, 1.165) is 36.3 Å². The van der Waals surface area contributed by atoms with Crippen LogP contribution in [0.25, 0.3) is 0 Å². The van der Waals surface area contributed by atoms with Gasteiger partial charge >= 0.3 is 6.18 Å². The molecule has 9 heteroatoms. The zero-order valence-electron chi connectivity index (χ0n) is 19.3. The Kier molecular flexibility index (Phi) is 6.24. The van der Waals surface area contributed by atoms with Crippen LogP contribution in [0.4, 0.5) is 13.2 Å². The lowest BCUT2D eigenvalue weighted by molar-refractivity contribution is -0.137. The van der Waals surface area contributed by atoms with Gasteiger partial charge < -0.3 is 5.32 Å². The highest BCUT2D eigenvalue weighted by Crippen LogP contribution is 2.61. The zero-order chi connectivity index (χ0) is 24.1. The number of hydrogen-bond donors (Lipinski definition) is 1. The van der Waals surface area contributed by atoms with E-state index in [-0.39, 0.29) is 29.8 Å². The monoisotopic (exact) mass is 498 g/mol. The molecule has 1 heterocycles. The second-order valence-electron chi connectivity index (χ2n) is 11.2. The highest BCUT2D eigenvalue weighted by Gasteiger charge is 2.50. The Balaban J connectivity index is 1.12. The van der Waals surface area contributed by atoms with E-state index in [9.17, 15) is 26.4 Å². The molecule has 1 amide bonds. The lowest BCUT2D eigenvalue weighted by atomic mass is 9.49. The van der Waals surface area contributed by atoms with Crippen LogP contribution >= 0.6 is 0 Å². The summed E-state index contributed by atoms with van der Waals surface area (Å²) in [5, 5.41) is 3.10. The maximum atomic E-state index is 13.0. The highest BCUT2D eigenvalue weighted by molar-refractivity contribution is 7.89. The number of amides is 1. The molecular formula is C25H33F3N2O3S. The number of piperidine rings is 1. The summed E-state index contributed by atoms with van der Waals surface area (Å²) in [6, 6.07) is 3.84. The zero-order valence-corrected chi connectivity index (χ0v) is 20.1. The van der Waals surface area contributed by atoms with Crippen LogP contribution in [0.3, 0.4) is 0 Å². The van der Waals surface area contributed by atoms with Gasteiger partial charge in [-0.05, 0) is 99.2 Å². The predicted octanol–water partition coefficient (Wildman–Crippen LogP) is 4.83. The normalized spacial score (nSPS) is 32.1. The van der Waals surface area contributed by atoms with Crippen molar-refractivity contribution in [3.63, 3.8) is 0 Å². The number of hydrogen-bond acceptors (Lipinski definition) is 3. The highest BCUT2D eigenvalue weighted by atomic mass is 32.2. The van der Waals surface area contributed by atoms with Gasteiger partial charge in [-0.2, -0.15) is 17.5 Å². The van der Waals surface area contributed by atoms with Crippen molar-refractivity contribution in [2.24, 2.45) is 29.1 Å². The van der Waals surface area contributed by atoms with Crippen molar-refractivity contribution in [3.05, 3.63) is 29.8 Å². The molecule has 1 saturated heterocycles. The SMILES string of the molecule is O=C(NCCC12CC3CC(CC(C3)C1)C2)C1CCN(S(=O)(=O)c2cccc(C(F)(F)F)c2)CC1. The van der Waals surface area contributed by atoms with Gasteiger partial charge in [-0.1, -0.05) is 6.07 Å². The molecule has 0 radical (unpaired) electrons. The third-order valence-corrected chi connectivity index (χ3v) is 10.6. The fourth-order valence-corrected chi connectivity index (χ4v) is 9.05. The van der Waals surface area contributed by atoms with Crippen LogP contribution in [-0.4, -0.2) is 38.3 Å². The first-order valence-corrected chi connectivity index (χ1v) is 13.9. The van der Waals surface area contributed by atoms with E-state index in [1.54, 1.807) is 0 Å². The van der Waals surface area contributed by atoms with Crippen LogP contribution in [-0.2, 0) is 21.0 Å². The lowest BCUT2D eigenvalue weighted by Gasteiger charge is -2.57. The topological polar surface area (TPSA) is 66.5 Å². The smallest absolute Gasteiger partial charge is 0.356 e. The summed E-state index contributed by atoms with van der Waals surface area (Å²) < 4.78 is 65.9. The Morgan fingerprint density at radius 3 is 2.18 bits per heavy atom. The van der Waals surface area contributed by atoms with Gasteiger partial charge in [-0.25, -0.2) is 8.42 Å². The van der Waals surface area contributed by atoms with Gasteiger partial charge in [-0.3, -0.25) is 4.79 Å². The summed E-state index contributed by atoms with van der Waals surface area (Å²) in [6.45, 7) is 0.936. The van der Waals surface area contributed by atoms with Gasteiger partial charge in [0, 0.05) is 25.6 Å². The quantitative estimate of drug-likeness (QED) is 0.611. The molecule has 0 atom stereocenters. The number of halogens is 3. The van der Waals surface area contributed by atoms with Gasteiger partial charge in [0.2, 0.25) is 15.9 Å². The summed E-state index contributed by atoms with van der Waals surface area (Å²) in [5.41, 5.74) is -0.577. The molecule has 1 aromatic carbocycles. The van der Waals surface area contributed by atoms with Gasteiger partial charge in [0.1, 0.15) is 0 Å². The third-order valence-electron chi connectivity index (χ3n) is 8.74. The van der Waals surface area contributed by atoms with Crippen molar-refractivity contribution >= 4 is 15.9 Å². The summed E-state index contributed by atoms with van der Waals surface area (Å²) >= 11 is 0. The molecule has 1 N–H and O–H groups in total. The van der Waals surface area contributed by atoms with Gasteiger partial charge in [0.05, 0.1) is 10.5 Å². The first kappa shape index (κ1) is 24.1. The molecule has 6 rings (SSSR count). The molecule has 188 valence electrons. The minimum atomic E-state index is -4.60.